The molecule has 0 spiro atoms. The standard InChI is InChI=1S/C5H9NO4/c1-4(6(9)10)2-3-5(7)8/h4H,2-3H2,1H3,(H,7,8)/t4-/m0/s1. The van der Waals surface area contributed by atoms with E-state index in [1.807, 2.05) is 0 Å². The van der Waals surface area contributed by atoms with Crippen LogP contribution >= 0.6 is 0 Å². The molecule has 1 N–H and O–H groups in total. The smallest absolute Gasteiger partial charge is 0.303 e. The molecule has 0 heterocycles. The summed E-state index contributed by atoms with van der Waals surface area (Å²) in [5.74, 6) is -0.992. The molecule has 0 aromatic carbocycles. The Morgan fingerprint density at radius 2 is 2.30 bits per heavy atom. The second-order valence-corrected chi connectivity index (χ2v) is 2.07. The van der Waals surface area contributed by atoms with Gasteiger partial charge in [-0.05, 0) is 0 Å². The summed E-state index contributed by atoms with van der Waals surface area (Å²) in [5.41, 5.74) is 0. The third kappa shape index (κ3) is 3.82. The highest BCUT2D eigenvalue weighted by Gasteiger charge is 2.13. The molecule has 1 atom stereocenters. The first-order chi connectivity index (χ1) is 4.54. The van der Waals surface area contributed by atoms with Crippen molar-refractivity contribution in [2.75, 3.05) is 0 Å². The van der Waals surface area contributed by atoms with E-state index in [9.17, 15) is 14.9 Å². The Labute approximate surface area is 57.8 Å². The molecule has 0 fully saturated rings. The lowest BCUT2D eigenvalue weighted by molar-refractivity contribution is -0.518. The molecular formula is C5H9NO4. The minimum Gasteiger partial charge on any atom is -0.481 e. The van der Waals surface area contributed by atoms with Gasteiger partial charge in [-0.3, -0.25) is 14.9 Å². The lowest BCUT2D eigenvalue weighted by atomic mass is 10.2. The highest BCUT2D eigenvalue weighted by molar-refractivity contribution is 5.66. The largest absolute Gasteiger partial charge is 0.481 e. The molecule has 10 heavy (non-hydrogen) atoms. The number of nitro groups is 1. The van der Waals surface area contributed by atoms with Crippen LogP contribution in [0.3, 0.4) is 0 Å². The van der Waals surface area contributed by atoms with E-state index >= 15 is 0 Å². The summed E-state index contributed by atoms with van der Waals surface area (Å²) in [5, 5.41) is 18.0. The van der Waals surface area contributed by atoms with Crippen molar-refractivity contribution in [1.29, 1.82) is 0 Å². The van der Waals surface area contributed by atoms with Gasteiger partial charge >= 0.3 is 5.97 Å². The normalized spacial score (nSPS) is 12.5. The number of carboxylic acids is 1. The van der Waals surface area contributed by atoms with Crippen LogP contribution in [0.25, 0.3) is 0 Å². The van der Waals surface area contributed by atoms with Crippen molar-refractivity contribution in [2.24, 2.45) is 0 Å². The van der Waals surface area contributed by atoms with Crippen LogP contribution in [0, 0.1) is 10.1 Å². The van der Waals surface area contributed by atoms with Crippen molar-refractivity contribution in [2.45, 2.75) is 25.8 Å². The van der Waals surface area contributed by atoms with Crippen LogP contribution in [-0.4, -0.2) is 22.0 Å². The molecule has 0 aromatic heterocycles. The zero-order chi connectivity index (χ0) is 8.15. The average molecular weight is 147 g/mol. The van der Waals surface area contributed by atoms with Crippen molar-refractivity contribution >= 4 is 5.97 Å². The number of hydrogen-bond donors (Lipinski definition) is 1. The van der Waals surface area contributed by atoms with Gasteiger partial charge in [0.2, 0.25) is 6.04 Å². The summed E-state index contributed by atoms with van der Waals surface area (Å²) >= 11 is 0. The monoisotopic (exact) mass is 147 g/mol. The fourth-order valence-electron chi connectivity index (χ4n) is 0.438. The maximum atomic E-state index is 9.92. The van der Waals surface area contributed by atoms with Crippen LogP contribution in [0.5, 0.6) is 0 Å². The molecule has 5 nitrogen and oxygen atoms in total. The first kappa shape index (κ1) is 8.87. The lowest BCUT2D eigenvalue weighted by Gasteiger charge is -1.98. The predicted molar refractivity (Wildman–Crippen MR) is 33.3 cm³/mol. The minimum absolute atomic E-state index is 0.0995. The second kappa shape index (κ2) is 3.81. The first-order valence-electron chi connectivity index (χ1n) is 2.89. The Bertz CT molecular complexity index is 145. The number of hydrogen-bond acceptors (Lipinski definition) is 3. The molecular weight excluding hydrogens is 138 g/mol. The van der Waals surface area contributed by atoms with E-state index < -0.39 is 16.9 Å². The van der Waals surface area contributed by atoms with Crippen LogP contribution in [0.15, 0.2) is 0 Å². The van der Waals surface area contributed by atoms with Gasteiger partial charge in [0, 0.05) is 18.3 Å². The minimum atomic E-state index is -0.992. The Kier molecular flexibility index (Phi) is 3.38. The first-order valence-corrected chi connectivity index (χ1v) is 2.89. The van der Waals surface area contributed by atoms with Gasteiger partial charge in [-0.1, -0.05) is 0 Å². The molecule has 0 aliphatic carbocycles. The quantitative estimate of drug-likeness (QED) is 0.464. The zero-order valence-electron chi connectivity index (χ0n) is 5.61. The van der Waals surface area contributed by atoms with Crippen LogP contribution < -0.4 is 0 Å². The Morgan fingerprint density at radius 3 is 2.60 bits per heavy atom. The summed E-state index contributed by atoms with van der Waals surface area (Å²) in [6, 6.07) is -0.754. The fraction of sp³-hybridized carbons (Fsp3) is 0.800. The Hall–Kier alpha value is -1.13. The van der Waals surface area contributed by atoms with E-state index in [1.54, 1.807) is 0 Å². The summed E-state index contributed by atoms with van der Waals surface area (Å²) < 4.78 is 0. The second-order valence-electron chi connectivity index (χ2n) is 2.07. The number of carboxylic acid groups (broad SMARTS) is 1. The van der Waals surface area contributed by atoms with Crippen LogP contribution in [0.4, 0.5) is 0 Å². The number of carbonyl (C=O) groups is 1. The maximum Gasteiger partial charge on any atom is 0.303 e. The van der Waals surface area contributed by atoms with Crippen LogP contribution in [0.2, 0.25) is 0 Å². The number of nitrogens with zero attached hydrogens (tertiary/aromatic N) is 1. The molecule has 58 valence electrons. The SMILES string of the molecule is C[C@@H](CCC(=O)O)[N+](=O)[O-]. The zero-order valence-corrected chi connectivity index (χ0v) is 5.61. The van der Waals surface area contributed by atoms with Crippen molar-refractivity contribution in [3.8, 4) is 0 Å². The van der Waals surface area contributed by atoms with E-state index in [1.165, 1.54) is 6.92 Å². The van der Waals surface area contributed by atoms with E-state index in [-0.39, 0.29) is 12.8 Å². The van der Waals surface area contributed by atoms with E-state index in [2.05, 4.69) is 0 Å². The topological polar surface area (TPSA) is 80.4 Å². The molecule has 0 bridgehead atoms. The van der Waals surface area contributed by atoms with Gasteiger partial charge in [-0.2, -0.15) is 0 Å². The van der Waals surface area contributed by atoms with Gasteiger partial charge in [-0.15, -0.1) is 0 Å². The summed E-state index contributed by atoms with van der Waals surface area (Å²) in [6.45, 7) is 1.39. The van der Waals surface area contributed by atoms with Crippen LogP contribution in [-0.2, 0) is 4.79 Å². The summed E-state index contributed by atoms with van der Waals surface area (Å²) in [7, 11) is 0. The number of aliphatic carboxylic acids is 1. The highest BCUT2D eigenvalue weighted by Crippen LogP contribution is 1.98. The van der Waals surface area contributed by atoms with E-state index in [4.69, 9.17) is 5.11 Å². The van der Waals surface area contributed by atoms with Gasteiger partial charge < -0.3 is 5.11 Å². The van der Waals surface area contributed by atoms with Crippen molar-refractivity contribution in [3.63, 3.8) is 0 Å². The number of rotatable bonds is 4. The van der Waals surface area contributed by atoms with E-state index in [0.717, 1.165) is 0 Å². The molecule has 0 radical (unpaired) electrons. The Morgan fingerprint density at radius 1 is 1.80 bits per heavy atom. The van der Waals surface area contributed by atoms with Crippen molar-refractivity contribution < 1.29 is 14.8 Å². The van der Waals surface area contributed by atoms with Crippen LogP contribution in [0.1, 0.15) is 19.8 Å². The van der Waals surface area contributed by atoms with Gasteiger partial charge in [-0.25, -0.2) is 0 Å². The van der Waals surface area contributed by atoms with Crippen molar-refractivity contribution in [3.05, 3.63) is 10.1 Å². The molecule has 0 aromatic rings. The average Bonchev–Trinajstić information content (AvgIpc) is 1.82. The molecule has 0 rings (SSSR count). The summed E-state index contributed by atoms with van der Waals surface area (Å²) in [6.07, 6.45) is -0.0372. The fourth-order valence-corrected chi connectivity index (χ4v) is 0.438. The van der Waals surface area contributed by atoms with Gasteiger partial charge in [0.15, 0.2) is 0 Å². The van der Waals surface area contributed by atoms with Gasteiger partial charge in [0.05, 0.1) is 6.42 Å². The molecule has 0 amide bonds. The Balaban J connectivity index is 3.49. The maximum absolute atomic E-state index is 9.92. The molecule has 0 unspecified atom stereocenters. The van der Waals surface area contributed by atoms with Gasteiger partial charge in [0.1, 0.15) is 0 Å². The molecule has 0 saturated carbocycles. The molecule has 0 aliphatic heterocycles. The lowest BCUT2D eigenvalue weighted by Crippen LogP contribution is -2.16. The highest BCUT2D eigenvalue weighted by atomic mass is 16.6. The molecule has 0 saturated heterocycles. The van der Waals surface area contributed by atoms with Gasteiger partial charge in [0.25, 0.3) is 0 Å². The molecule has 0 aliphatic rings. The van der Waals surface area contributed by atoms with Crippen molar-refractivity contribution in [1.82, 2.24) is 0 Å². The molecule has 5 heteroatoms. The predicted octanol–water partition coefficient (Wildman–Crippen LogP) is 0.516. The third-order valence-electron chi connectivity index (χ3n) is 1.14. The van der Waals surface area contributed by atoms with E-state index in [0.29, 0.717) is 0 Å². The third-order valence-corrected chi connectivity index (χ3v) is 1.14. The summed E-state index contributed by atoms with van der Waals surface area (Å²) in [4.78, 5) is 19.3.